The Hall–Kier alpha value is -3.47. The Morgan fingerprint density at radius 2 is 1.77 bits per heavy atom. The van der Waals surface area contributed by atoms with Gasteiger partial charge in [-0.2, -0.15) is 0 Å². The number of esters is 2. The van der Waals surface area contributed by atoms with Crippen LogP contribution in [0.25, 0.3) is 0 Å². The first-order valence-electron chi connectivity index (χ1n) is 9.15. The molecule has 0 amide bonds. The number of carbonyl (C=O) groups excluding carboxylic acids is 2. The third kappa shape index (κ3) is 5.18. The summed E-state index contributed by atoms with van der Waals surface area (Å²) in [5.74, 6) is -1.41. The number of sulfonamides is 1. The SMILES string of the molecule is CCOC(=O)c1ccc(N(CC(=O)OC)S(=O)(=O)c2ccc(C)c([N+](=O)[O-])c2)c(C)c1. The van der Waals surface area contributed by atoms with Crippen molar-refractivity contribution in [2.75, 3.05) is 24.6 Å². The molecule has 0 radical (unpaired) electrons. The van der Waals surface area contributed by atoms with E-state index in [-0.39, 0.29) is 28.4 Å². The minimum atomic E-state index is -4.39. The lowest BCUT2D eigenvalue weighted by molar-refractivity contribution is -0.385. The lowest BCUT2D eigenvalue weighted by Gasteiger charge is -2.25. The summed E-state index contributed by atoms with van der Waals surface area (Å²) in [7, 11) is -3.27. The van der Waals surface area contributed by atoms with E-state index in [0.29, 0.717) is 11.1 Å². The molecule has 2 rings (SSSR count). The van der Waals surface area contributed by atoms with Crippen LogP contribution in [0.5, 0.6) is 0 Å². The van der Waals surface area contributed by atoms with Crippen molar-refractivity contribution in [1.29, 1.82) is 0 Å². The van der Waals surface area contributed by atoms with Crippen molar-refractivity contribution < 1.29 is 32.4 Å². The molecule has 0 spiro atoms. The summed E-state index contributed by atoms with van der Waals surface area (Å²) >= 11 is 0. The fraction of sp³-hybridized carbons (Fsp3) is 0.300. The molecule has 0 atom stereocenters. The second kappa shape index (κ2) is 9.56. The summed E-state index contributed by atoms with van der Waals surface area (Å²) in [6.45, 7) is 4.22. The molecule has 11 heteroatoms. The Bertz CT molecular complexity index is 1130. The number of rotatable bonds is 8. The predicted octanol–water partition coefficient (Wildman–Crippen LogP) is 2.76. The molecule has 0 unspecified atom stereocenters. The Labute approximate surface area is 179 Å². The van der Waals surface area contributed by atoms with Gasteiger partial charge in [0.1, 0.15) is 6.54 Å². The van der Waals surface area contributed by atoms with Crippen LogP contribution in [0.2, 0.25) is 0 Å². The summed E-state index contributed by atoms with van der Waals surface area (Å²) in [6.07, 6.45) is 0. The largest absolute Gasteiger partial charge is 0.468 e. The van der Waals surface area contributed by atoms with Gasteiger partial charge in [0, 0.05) is 11.6 Å². The smallest absolute Gasteiger partial charge is 0.338 e. The van der Waals surface area contributed by atoms with E-state index in [2.05, 4.69) is 4.74 Å². The number of ether oxygens (including phenoxy) is 2. The van der Waals surface area contributed by atoms with E-state index in [4.69, 9.17) is 4.74 Å². The molecular weight excluding hydrogens is 428 g/mol. The molecule has 0 bridgehead atoms. The number of hydrogen-bond acceptors (Lipinski definition) is 8. The summed E-state index contributed by atoms with van der Waals surface area (Å²) in [5, 5.41) is 11.3. The molecule has 0 saturated carbocycles. The van der Waals surface area contributed by atoms with Crippen molar-refractivity contribution >= 4 is 33.3 Å². The predicted molar refractivity (Wildman–Crippen MR) is 112 cm³/mol. The molecule has 0 N–H and O–H groups in total. The van der Waals surface area contributed by atoms with Gasteiger partial charge in [0.05, 0.1) is 34.8 Å². The maximum Gasteiger partial charge on any atom is 0.338 e. The molecule has 0 aliphatic heterocycles. The van der Waals surface area contributed by atoms with Crippen LogP contribution in [-0.2, 0) is 24.3 Å². The van der Waals surface area contributed by atoms with Crippen molar-refractivity contribution in [3.8, 4) is 0 Å². The standard InChI is InChI=1S/C20H22N2O8S/c1-5-30-20(24)15-7-9-17(14(3)10-15)21(12-19(23)29-4)31(27,28)16-8-6-13(2)18(11-16)22(25)26/h6-11H,5,12H2,1-4H3. The van der Waals surface area contributed by atoms with E-state index < -0.39 is 33.4 Å². The van der Waals surface area contributed by atoms with Gasteiger partial charge in [-0.15, -0.1) is 0 Å². The summed E-state index contributed by atoms with van der Waals surface area (Å²) in [4.78, 5) is 34.1. The van der Waals surface area contributed by atoms with E-state index >= 15 is 0 Å². The second-order valence-electron chi connectivity index (χ2n) is 6.51. The zero-order valence-corrected chi connectivity index (χ0v) is 18.3. The van der Waals surface area contributed by atoms with Gasteiger partial charge in [-0.1, -0.05) is 6.07 Å². The van der Waals surface area contributed by atoms with Crippen LogP contribution in [0, 0.1) is 24.0 Å². The van der Waals surface area contributed by atoms with E-state index in [1.54, 1.807) is 13.8 Å². The summed E-state index contributed by atoms with van der Waals surface area (Å²) < 4.78 is 37.0. The highest BCUT2D eigenvalue weighted by molar-refractivity contribution is 7.92. The number of methoxy groups -OCH3 is 1. The molecule has 2 aromatic rings. The normalized spacial score (nSPS) is 11.0. The van der Waals surface area contributed by atoms with Gasteiger partial charge < -0.3 is 9.47 Å². The number of nitro benzene ring substituents is 1. The monoisotopic (exact) mass is 450 g/mol. The molecular formula is C20H22N2O8S. The van der Waals surface area contributed by atoms with Gasteiger partial charge in [0.15, 0.2) is 0 Å². The number of nitro groups is 1. The average molecular weight is 450 g/mol. The second-order valence-corrected chi connectivity index (χ2v) is 8.38. The van der Waals surface area contributed by atoms with Crippen LogP contribution in [0.1, 0.15) is 28.4 Å². The summed E-state index contributed by atoms with van der Waals surface area (Å²) in [5.41, 5.74) is 0.623. The molecule has 0 saturated heterocycles. The lowest BCUT2D eigenvalue weighted by atomic mass is 10.1. The maximum absolute atomic E-state index is 13.3. The Balaban J connectivity index is 2.62. The number of carbonyl (C=O) groups is 2. The number of benzene rings is 2. The van der Waals surface area contributed by atoms with Crippen molar-refractivity contribution in [3.63, 3.8) is 0 Å². The first-order chi connectivity index (χ1) is 14.5. The Morgan fingerprint density at radius 3 is 2.32 bits per heavy atom. The average Bonchev–Trinajstić information content (AvgIpc) is 2.72. The van der Waals surface area contributed by atoms with Gasteiger partial charge >= 0.3 is 11.9 Å². The van der Waals surface area contributed by atoms with Crippen molar-refractivity contribution in [2.45, 2.75) is 25.7 Å². The number of aryl methyl sites for hydroxylation is 2. The molecule has 2 aromatic carbocycles. The van der Waals surface area contributed by atoms with Crippen LogP contribution in [0.3, 0.4) is 0 Å². The van der Waals surface area contributed by atoms with E-state index in [0.717, 1.165) is 17.5 Å². The third-order valence-electron chi connectivity index (χ3n) is 4.44. The number of nitrogens with zero attached hydrogens (tertiary/aromatic N) is 2. The van der Waals surface area contributed by atoms with Crippen LogP contribution < -0.4 is 4.31 Å². The van der Waals surface area contributed by atoms with Crippen LogP contribution >= 0.6 is 0 Å². The highest BCUT2D eigenvalue weighted by Gasteiger charge is 2.30. The first kappa shape index (κ1) is 23.8. The molecule has 0 aliphatic carbocycles. The fourth-order valence-electron chi connectivity index (χ4n) is 2.83. The highest BCUT2D eigenvalue weighted by atomic mass is 32.2. The van der Waals surface area contributed by atoms with Gasteiger partial charge in [-0.05, 0) is 50.6 Å². The first-order valence-corrected chi connectivity index (χ1v) is 10.6. The lowest BCUT2D eigenvalue weighted by Crippen LogP contribution is -2.37. The topological polar surface area (TPSA) is 133 Å². The Morgan fingerprint density at radius 1 is 1.10 bits per heavy atom. The molecule has 0 heterocycles. The zero-order chi connectivity index (χ0) is 23.3. The van der Waals surface area contributed by atoms with E-state index in [1.165, 1.54) is 37.3 Å². The van der Waals surface area contributed by atoms with Gasteiger partial charge in [-0.3, -0.25) is 19.2 Å². The van der Waals surface area contributed by atoms with Crippen LogP contribution in [0.4, 0.5) is 11.4 Å². The molecule has 0 fully saturated rings. The van der Waals surface area contributed by atoms with Crippen LogP contribution in [0.15, 0.2) is 41.3 Å². The number of hydrogen-bond donors (Lipinski definition) is 0. The molecule has 0 aromatic heterocycles. The van der Waals surface area contributed by atoms with Crippen molar-refractivity contribution in [3.05, 3.63) is 63.2 Å². The quantitative estimate of drug-likeness (QED) is 0.340. The van der Waals surface area contributed by atoms with E-state index in [1.807, 2.05) is 0 Å². The van der Waals surface area contributed by atoms with Gasteiger partial charge in [-0.25, -0.2) is 13.2 Å². The highest BCUT2D eigenvalue weighted by Crippen LogP contribution is 2.30. The van der Waals surface area contributed by atoms with Gasteiger partial charge in [0.2, 0.25) is 0 Å². The molecule has 10 nitrogen and oxygen atoms in total. The minimum Gasteiger partial charge on any atom is -0.468 e. The molecule has 31 heavy (non-hydrogen) atoms. The van der Waals surface area contributed by atoms with Gasteiger partial charge in [0.25, 0.3) is 15.7 Å². The number of anilines is 1. The maximum atomic E-state index is 13.3. The van der Waals surface area contributed by atoms with E-state index in [9.17, 15) is 28.1 Å². The Kier molecular flexibility index (Phi) is 7.34. The fourth-order valence-corrected chi connectivity index (χ4v) is 4.33. The zero-order valence-electron chi connectivity index (χ0n) is 17.4. The van der Waals surface area contributed by atoms with Crippen molar-refractivity contribution in [1.82, 2.24) is 0 Å². The van der Waals surface area contributed by atoms with Crippen LogP contribution in [-0.4, -0.2) is 45.5 Å². The van der Waals surface area contributed by atoms with Crippen molar-refractivity contribution in [2.24, 2.45) is 0 Å². The third-order valence-corrected chi connectivity index (χ3v) is 6.20. The molecule has 0 aliphatic rings. The minimum absolute atomic E-state index is 0.113. The summed E-state index contributed by atoms with van der Waals surface area (Å²) in [6, 6.07) is 7.66. The molecule has 166 valence electrons.